The third-order valence-electron chi connectivity index (χ3n) is 7.25. The fraction of sp³-hybridized carbons (Fsp3) is 0.233. The summed E-state index contributed by atoms with van der Waals surface area (Å²) >= 11 is 13.7. The molecule has 42 heavy (non-hydrogen) atoms. The second kappa shape index (κ2) is 11.6. The number of carbonyl (C=O) groups excluding carboxylic acids is 1. The van der Waals surface area contributed by atoms with Crippen LogP contribution in [-0.4, -0.2) is 56.8 Å². The highest BCUT2D eigenvalue weighted by Crippen LogP contribution is 2.41. The molecule has 0 spiro atoms. The summed E-state index contributed by atoms with van der Waals surface area (Å²) in [6.45, 7) is 3.13. The maximum Gasteiger partial charge on any atom is 0.311 e. The Morgan fingerprint density at radius 1 is 1.02 bits per heavy atom. The number of halogens is 2. The van der Waals surface area contributed by atoms with Crippen LogP contribution in [0.2, 0.25) is 10.0 Å². The molecule has 1 amide bonds. The Balaban J connectivity index is 1.42. The van der Waals surface area contributed by atoms with Gasteiger partial charge in [0.2, 0.25) is 5.88 Å². The van der Waals surface area contributed by atoms with E-state index in [1.807, 2.05) is 35.2 Å². The molecule has 10 nitrogen and oxygen atoms in total. The number of likely N-dealkylation sites (tertiary alicyclic amines) is 1. The van der Waals surface area contributed by atoms with Crippen molar-refractivity contribution in [1.82, 2.24) is 19.7 Å². The van der Waals surface area contributed by atoms with Gasteiger partial charge in [-0.2, -0.15) is 5.10 Å². The number of amides is 1. The molecule has 2 aromatic heterocycles. The molecule has 0 aliphatic carbocycles. The summed E-state index contributed by atoms with van der Waals surface area (Å²) in [6, 6.07) is 15.7. The van der Waals surface area contributed by atoms with E-state index in [1.54, 1.807) is 25.1 Å². The first-order chi connectivity index (χ1) is 20.0. The van der Waals surface area contributed by atoms with E-state index in [-0.39, 0.29) is 10.6 Å². The molecule has 2 aromatic carbocycles. The van der Waals surface area contributed by atoms with Crippen LogP contribution in [0.4, 0.5) is 5.69 Å². The van der Waals surface area contributed by atoms with Crippen LogP contribution in [-0.2, 0) is 18.4 Å². The lowest BCUT2D eigenvalue weighted by Crippen LogP contribution is -2.58. The summed E-state index contributed by atoms with van der Waals surface area (Å²) in [5, 5.41) is 16.6. The quantitative estimate of drug-likeness (QED) is 0.287. The predicted octanol–water partition coefficient (Wildman–Crippen LogP) is 4.98. The Morgan fingerprint density at radius 2 is 1.69 bits per heavy atom. The van der Waals surface area contributed by atoms with Crippen molar-refractivity contribution >= 4 is 40.8 Å². The first-order valence-corrected chi connectivity index (χ1v) is 13.7. The Kier molecular flexibility index (Phi) is 8.05. The van der Waals surface area contributed by atoms with Crippen molar-refractivity contribution < 1.29 is 19.4 Å². The van der Waals surface area contributed by atoms with Crippen molar-refractivity contribution in [2.24, 2.45) is 12.5 Å². The zero-order valence-corrected chi connectivity index (χ0v) is 24.5. The second-order valence-corrected chi connectivity index (χ2v) is 11.1. The zero-order chi connectivity index (χ0) is 30.2. The minimum atomic E-state index is -0.804. The van der Waals surface area contributed by atoms with Crippen molar-refractivity contribution in [3.63, 3.8) is 0 Å². The van der Waals surface area contributed by atoms with Gasteiger partial charge in [-0.1, -0.05) is 59.6 Å². The molecular formula is C30H27Cl2N5O5. The van der Waals surface area contributed by atoms with Crippen molar-refractivity contribution in [2.75, 3.05) is 25.5 Å². The van der Waals surface area contributed by atoms with E-state index >= 15 is 0 Å². The molecule has 0 atom stereocenters. The number of nitrogens with one attached hydrogen (secondary N) is 1. The number of nitrogens with zero attached hydrogens (tertiary/aromatic N) is 4. The lowest BCUT2D eigenvalue weighted by atomic mass is 9.82. The topological polar surface area (TPSA) is 127 Å². The number of ether oxygens (including phenoxy) is 1. The fourth-order valence-corrected chi connectivity index (χ4v) is 5.59. The molecule has 0 saturated carbocycles. The molecule has 0 bridgehead atoms. The summed E-state index contributed by atoms with van der Waals surface area (Å²) < 4.78 is 6.65. The van der Waals surface area contributed by atoms with E-state index in [9.17, 15) is 19.5 Å². The number of methoxy groups -OCH3 is 1. The van der Waals surface area contributed by atoms with Gasteiger partial charge < -0.3 is 15.2 Å². The minimum Gasteiger partial charge on any atom is -0.481 e. The Morgan fingerprint density at radius 3 is 2.38 bits per heavy atom. The van der Waals surface area contributed by atoms with Gasteiger partial charge in [-0.3, -0.25) is 19.3 Å². The van der Waals surface area contributed by atoms with Gasteiger partial charge in [0.25, 0.3) is 11.5 Å². The van der Waals surface area contributed by atoms with E-state index in [2.05, 4.69) is 10.4 Å². The molecule has 4 aromatic rings. The maximum absolute atomic E-state index is 12.8. The van der Waals surface area contributed by atoms with Crippen molar-refractivity contribution in [3.05, 3.63) is 92.3 Å². The van der Waals surface area contributed by atoms with Crippen LogP contribution >= 0.6 is 23.2 Å². The largest absolute Gasteiger partial charge is 0.481 e. The summed E-state index contributed by atoms with van der Waals surface area (Å²) in [6.07, 6.45) is 1.37. The van der Waals surface area contributed by atoms with Crippen LogP contribution in [0.5, 0.6) is 5.88 Å². The van der Waals surface area contributed by atoms with Crippen molar-refractivity contribution in [3.8, 4) is 28.3 Å². The van der Waals surface area contributed by atoms with Crippen LogP contribution in [0.25, 0.3) is 22.4 Å². The number of carbonyl (C=O) groups is 2. The number of benzene rings is 2. The third-order valence-corrected chi connectivity index (χ3v) is 8.06. The SMILES string of the molecule is COc1nc(-c2cccc(-c3cccc(NC(=O)c4ccnn(C)c4=O)c3Cl)c2Cl)ccc1CN1CC(C)(C(=O)O)C1. The average molecular weight is 608 g/mol. The van der Waals surface area contributed by atoms with Crippen molar-refractivity contribution in [2.45, 2.75) is 13.5 Å². The highest BCUT2D eigenvalue weighted by Gasteiger charge is 2.45. The van der Waals surface area contributed by atoms with E-state index in [0.717, 1.165) is 10.2 Å². The first kappa shape index (κ1) is 29.2. The number of carboxylic acid groups (broad SMARTS) is 1. The van der Waals surface area contributed by atoms with Gasteiger partial charge in [-0.05, 0) is 25.1 Å². The predicted molar refractivity (Wildman–Crippen MR) is 160 cm³/mol. The van der Waals surface area contributed by atoms with Gasteiger partial charge in [0.1, 0.15) is 5.56 Å². The second-order valence-electron chi connectivity index (χ2n) is 10.3. The molecular weight excluding hydrogens is 581 g/mol. The van der Waals surface area contributed by atoms with Crippen LogP contribution in [0.3, 0.4) is 0 Å². The number of anilines is 1. The van der Waals surface area contributed by atoms with Gasteiger partial charge in [0.05, 0.1) is 34.0 Å². The van der Waals surface area contributed by atoms with Crippen molar-refractivity contribution in [1.29, 1.82) is 0 Å². The fourth-order valence-electron chi connectivity index (χ4n) is 4.99. The lowest BCUT2D eigenvalue weighted by molar-refractivity contribution is -0.158. The molecule has 1 aliphatic rings. The monoisotopic (exact) mass is 607 g/mol. The first-order valence-electron chi connectivity index (χ1n) is 12.9. The van der Waals surface area contributed by atoms with Crippen LogP contribution in [0.1, 0.15) is 22.8 Å². The number of hydrogen-bond donors (Lipinski definition) is 2. The summed E-state index contributed by atoms with van der Waals surface area (Å²) in [4.78, 5) is 43.3. The van der Waals surface area contributed by atoms with Gasteiger partial charge in [-0.15, -0.1) is 0 Å². The molecule has 216 valence electrons. The summed E-state index contributed by atoms with van der Waals surface area (Å²) in [7, 11) is 3.00. The van der Waals surface area contributed by atoms with Crippen LogP contribution in [0, 0.1) is 5.41 Å². The molecule has 1 saturated heterocycles. The number of rotatable bonds is 8. The normalized spacial score (nSPS) is 14.2. The Bertz CT molecular complexity index is 1770. The molecule has 0 radical (unpaired) electrons. The molecule has 0 unspecified atom stereocenters. The molecule has 3 heterocycles. The van der Waals surface area contributed by atoms with E-state index in [1.165, 1.54) is 26.4 Å². The Labute approximate surface area is 251 Å². The molecule has 1 aliphatic heterocycles. The lowest BCUT2D eigenvalue weighted by Gasteiger charge is -2.45. The highest BCUT2D eigenvalue weighted by molar-refractivity contribution is 6.39. The summed E-state index contributed by atoms with van der Waals surface area (Å²) in [5.74, 6) is -0.997. The molecule has 5 rings (SSSR count). The molecule has 1 fully saturated rings. The van der Waals surface area contributed by atoms with Gasteiger partial charge >= 0.3 is 5.97 Å². The van der Waals surface area contributed by atoms with Gasteiger partial charge in [0, 0.05) is 55.1 Å². The van der Waals surface area contributed by atoms with E-state index < -0.39 is 22.9 Å². The summed E-state index contributed by atoms with van der Waals surface area (Å²) in [5.41, 5.74) is 2.22. The molecule has 2 N–H and O–H groups in total. The number of aryl methyl sites for hydroxylation is 1. The highest BCUT2D eigenvalue weighted by atomic mass is 35.5. The van der Waals surface area contributed by atoms with E-state index in [0.29, 0.717) is 58.6 Å². The number of carboxylic acids is 1. The van der Waals surface area contributed by atoms with Crippen LogP contribution < -0.4 is 15.6 Å². The smallest absolute Gasteiger partial charge is 0.311 e. The number of aliphatic carboxylic acids is 1. The maximum atomic E-state index is 12.8. The number of pyridine rings is 1. The average Bonchev–Trinajstić information content (AvgIpc) is 2.95. The standard InChI is InChI=1S/C30H27Cl2N5O5/c1-30(29(40)41)15-37(16-30)14-17-10-11-22(35-27(17)42-3)20-8-4-6-18(24(20)31)19-7-5-9-23(25(19)32)34-26(38)21-12-13-33-36(2)28(21)39/h4-13H,14-16H2,1-3H3,(H,34,38)(H,40,41). The number of hydrogen-bond acceptors (Lipinski definition) is 7. The van der Waals surface area contributed by atoms with Crippen LogP contribution in [0.15, 0.2) is 65.6 Å². The van der Waals surface area contributed by atoms with Gasteiger partial charge in [-0.25, -0.2) is 9.67 Å². The van der Waals surface area contributed by atoms with Gasteiger partial charge in [0.15, 0.2) is 0 Å². The zero-order valence-electron chi connectivity index (χ0n) is 23.0. The minimum absolute atomic E-state index is 0.0671. The molecule has 12 heteroatoms. The number of aromatic nitrogens is 3. The third kappa shape index (κ3) is 5.48. The van der Waals surface area contributed by atoms with E-state index in [4.69, 9.17) is 32.9 Å². The Hall–Kier alpha value is -4.25.